The lowest BCUT2D eigenvalue weighted by molar-refractivity contribution is -0.120. The third-order valence-corrected chi connectivity index (χ3v) is 6.31. The Morgan fingerprint density at radius 1 is 1.11 bits per heavy atom. The minimum Gasteiger partial charge on any atom is -0.351 e. The van der Waals surface area contributed by atoms with Crippen molar-refractivity contribution in [3.05, 3.63) is 81.8 Å². The first-order valence-electron chi connectivity index (χ1n) is 8.50. The summed E-state index contributed by atoms with van der Waals surface area (Å²) in [6.45, 7) is 2.00. The second-order valence-corrected chi connectivity index (χ2v) is 8.96. The van der Waals surface area contributed by atoms with Crippen molar-refractivity contribution in [1.29, 1.82) is 0 Å². The van der Waals surface area contributed by atoms with Crippen LogP contribution in [0.2, 0.25) is 0 Å². The van der Waals surface area contributed by atoms with Crippen LogP contribution in [0.3, 0.4) is 0 Å². The van der Waals surface area contributed by atoms with Crippen molar-refractivity contribution in [2.45, 2.75) is 24.8 Å². The summed E-state index contributed by atoms with van der Waals surface area (Å²) in [7, 11) is -3.82. The van der Waals surface area contributed by atoms with Crippen LogP contribution in [-0.2, 0) is 27.8 Å². The SMILES string of the molecule is Cc1cc(S(=O)(=O)Nc2ccc(CC(=O)NCc3cccs3)cc2)ccc1F. The number of benzene rings is 2. The van der Waals surface area contributed by atoms with Crippen LogP contribution < -0.4 is 10.0 Å². The molecule has 1 amide bonds. The van der Waals surface area contributed by atoms with Crippen molar-refractivity contribution in [2.24, 2.45) is 0 Å². The summed E-state index contributed by atoms with van der Waals surface area (Å²) in [5, 5.41) is 4.80. The van der Waals surface area contributed by atoms with Crippen LogP contribution in [-0.4, -0.2) is 14.3 Å². The molecule has 1 aromatic heterocycles. The standard InChI is InChI=1S/C20H19FN2O3S2/c1-14-11-18(8-9-19(14)21)28(25,26)23-16-6-4-15(5-7-16)12-20(24)22-13-17-3-2-10-27-17/h2-11,23H,12-13H2,1H3,(H,22,24). The first kappa shape index (κ1) is 20.0. The molecule has 2 N–H and O–H groups in total. The summed E-state index contributed by atoms with van der Waals surface area (Å²) in [5.74, 6) is -0.566. The lowest BCUT2D eigenvalue weighted by atomic mass is 10.1. The zero-order chi connectivity index (χ0) is 20.1. The zero-order valence-electron chi connectivity index (χ0n) is 15.1. The average molecular weight is 419 g/mol. The van der Waals surface area contributed by atoms with E-state index in [1.165, 1.54) is 19.1 Å². The second-order valence-electron chi connectivity index (χ2n) is 6.25. The molecule has 0 saturated heterocycles. The third-order valence-electron chi connectivity index (χ3n) is 4.05. The van der Waals surface area contributed by atoms with Gasteiger partial charge in [0.15, 0.2) is 0 Å². The van der Waals surface area contributed by atoms with E-state index in [9.17, 15) is 17.6 Å². The maximum atomic E-state index is 13.3. The van der Waals surface area contributed by atoms with Gasteiger partial charge >= 0.3 is 0 Å². The molecule has 0 fully saturated rings. The first-order chi connectivity index (χ1) is 13.3. The molecule has 0 saturated carbocycles. The van der Waals surface area contributed by atoms with Gasteiger partial charge in [-0.2, -0.15) is 0 Å². The second kappa shape index (κ2) is 8.53. The highest BCUT2D eigenvalue weighted by molar-refractivity contribution is 7.92. The fourth-order valence-electron chi connectivity index (χ4n) is 2.54. The van der Waals surface area contributed by atoms with Crippen LogP contribution in [0.25, 0.3) is 0 Å². The normalized spacial score (nSPS) is 11.2. The van der Waals surface area contributed by atoms with E-state index >= 15 is 0 Å². The number of aryl methyl sites for hydroxylation is 1. The van der Waals surface area contributed by atoms with Crippen LogP contribution in [0.4, 0.5) is 10.1 Å². The molecule has 0 aliphatic carbocycles. The lowest BCUT2D eigenvalue weighted by Gasteiger charge is -2.10. The minimum atomic E-state index is -3.82. The van der Waals surface area contributed by atoms with E-state index in [4.69, 9.17) is 0 Å². The predicted molar refractivity (Wildman–Crippen MR) is 108 cm³/mol. The molecular weight excluding hydrogens is 399 g/mol. The van der Waals surface area contributed by atoms with E-state index in [2.05, 4.69) is 10.0 Å². The number of carbonyl (C=O) groups excluding carboxylic acids is 1. The molecular formula is C20H19FN2O3S2. The summed E-state index contributed by atoms with van der Waals surface area (Å²) < 4.78 is 40.7. The van der Waals surface area contributed by atoms with Crippen molar-refractivity contribution in [1.82, 2.24) is 5.32 Å². The van der Waals surface area contributed by atoms with Gasteiger partial charge in [0.05, 0.1) is 17.9 Å². The van der Waals surface area contributed by atoms with Crippen molar-refractivity contribution in [2.75, 3.05) is 4.72 Å². The summed E-state index contributed by atoms with van der Waals surface area (Å²) in [6, 6.07) is 14.1. The Kier molecular flexibility index (Phi) is 6.11. The highest BCUT2D eigenvalue weighted by Crippen LogP contribution is 2.19. The zero-order valence-corrected chi connectivity index (χ0v) is 16.7. The van der Waals surface area contributed by atoms with Crippen LogP contribution in [0.5, 0.6) is 0 Å². The van der Waals surface area contributed by atoms with Gasteiger partial charge < -0.3 is 5.32 Å². The van der Waals surface area contributed by atoms with Gasteiger partial charge in [-0.05, 0) is 59.8 Å². The van der Waals surface area contributed by atoms with E-state index in [0.29, 0.717) is 12.2 Å². The predicted octanol–water partition coefficient (Wildman–Crippen LogP) is 3.86. The molecule has 1 heterocycles. The molecule has 3 rings (SSSR count). The van der Waals surface area contributed by atoms with Gasteiger partial charge in [0.25, 0.3) is 10.0 Å². The highest BCUT2D eigenvalue weighted by atomic mass is 32.2. The third kappa shape index (κ3) is 5.17. The van der Waals surface area contributed by atoms with Crippen LogP contribution in [0.1, 0.15) is 16.0 Å². The van der Waals surface area contributed by atoms with E-state index in [1.807, 2.05) is 17.5 Å². The Morgan fingerprint density at radius 3 is 2.50 bits per heavy atom. The maximum absolute atomic E-state index is 13.3. The summed E-state index contributed by atoms with van der Waals surface area (Å²) in [5.41, 5.74) is 1.39. The largest absolute Gasteiger partial charge is 0.351 e. The molecule has 0 radical (unpaired) electrons. The van der Waals surface area contributed by atoms with Crippen molar-refractivity contribution < 1.29 is 17.6 Å². The van der Waals surface area contributed by atoms with Gasteiger partial charge in [0, 0.05) is 10.6 Å². The summed E-state index contributed by atoms with van der Waals surface area (Å²) >= 11 is 1.58. The van der Waals surface area contributed by atoms with E-state index in [1.54, 1.807) is 35.6 Å². The smallest absolute Gasteiger partial charge is 0.261 e. The number of nitrogens with one attached hydrogen (secondary N) is 2. The van der Waals surface area contributed by atoms with Crippen LogP contribution in [0.15, 0.2) is 64.9 Å². The number of sulfonamides is 1. The van der Waals surface area contributed by atoms with Gasteiger partial charge in [0.2, 0.25) is 5.91 Å². The summed E-state index contributed by atoms with van der Waals surface area (Å²) in [4.78, 5) is 13.1. The summed E-state index contributed by atoms with van der Waals surface area (Å²) in [6.07, 6.45) is 0.204. The molecule has 2 aromatic carbocycles. The Hall–Kier alpha value is -2.71. The molecule has 3 aromatic rings. The molecule has 0 bridgehead atoms. The molecule has 8 heteroatoms. The van der Waals surface area contributed by atoms with E-state index in [-0.39, 0.29) is 22.8 Å². The van der Waals surface area contributed by atoms with Crippen molar-refractivity contribution >= 4 is 33.0 Å². The Balaban J connectivity index is 1.60. The number of anilines is 1. The van der Waals surface area contributed by atoms with Crippen molar-refractivity contribution in [3.63, 3.8) is 0 Å². The highest BCUT2D eigenvalue weighted by Gasteiger charge is 2.15. The van der Waals surface area contributed by atoms with Crippen molar-refractivity contribution in [3.8, 4) is 0 Å². The number of carbonyl (C=O) groups is 1. The Labute approximate surface area is 167 Å². The maximum Gasteiger partial charge on any atom is 0.261 e. The van der Waals surface area contributed by atoms with Gasteiger partial charge in [-0.1, -0.05) is 18.2 Å². The molecule has 0 aliphatic heterocycles. The topological polar surface area (TPSA) is 75.3 Å². The number of hydrogen-bond acceptors (Lipinski definition) is 4. The van der Waals surface area contributed by atoms with E-state index < -0.39 is 15.8 Å². The minimum absolute atomic E-state index is 0.0107. The fourth-order valence-corrected chi connectivity index (χ4v) is 4.32. The Bertz CT molecular complexity index is 1060. The number of rotatable bonds is 7. The number of hydrogen-bond donors (Lipinski definition) is 2. The molecule has 146 valence electrons. The fraction of sp³-hybridized carbons (Fsp3) is 0.150. The van der Waals surface area contributed by atoms with Crippen LogP contribution >= 0.6 is 11.3 Å². The van der Waals surface area contributed by atoms with Gasteiger partial charge in [-0.15, -0.1) is 11.3 Å². The monoisotopic (exact) mass is 418 g/mol. The van der Waals surface area contributed by atoms with Crippen LogP contribution in [0, 0.1) is 12.7 Å². The molecule has 0 unspecified atom stereocenters. The number of thiophene rings is 1. The average Bonchev–Trinajstić information content (AvgIpc) is 3.17. The van der Waals surface area contributed by atoms with Gasteiger partial charge in [0.1, 0.15) is 5.82 Å². The molecule has 28 heavy (non-hydrogen) atoms. The quantitative estimate of drug-likeness (QED) is 0.612. The first-order valence-corrected chi connectivity index (χ1v) is 10.9. The molecule has 0 aliphatic rings. The molecule has 0 atom stereocenters. The number of halogens is 1. The number of amides is 1. The molecule has 5 nitrogen and oxygen atoms in total. The van der Waals surface area contributed by atoms with Gasteiger partial charge in [-0.3, -0.25) is 9.52 Å². The Morgan fingerprint density at radius 2 is 1.86 bits per heavy atom. The lowest BCUT2D eigenvalue weighted by Crippen LogP contribution is -2.24. The molecule has 0 spiro atoms. The van der Waals surface area contributed by atoms with E-state index in [0.717, 1.165) is 16.5 Å². The van der Waals surface area contributed by atoms with Gasteiger partial charge in [-0.25, -0.2) is 12.8 Å².